The number of hydrogen-bond donors (Lipinski definition) is 1. The second-order valence-electron chi connectivity index (χ2n) is 6.17. The summed E-state index contributed by atoms with van der Waals surface area (Å²) in [6.45, 7) is 1.96. The van der Waals surface area contributed by atoms with Gasteiger partial charge < -0.3 is 10.1 Å². The van der Waals surface area contributed by atoms with Gasteiger partial charge in [0, 0.05) is 11.6 Å². The molecule has 1 saturated carbocycles. The molecule has 0 spiro atoms. The van der Waals surface area contributed by atoms with E-state index >= 15 is 0 Å². The number of rotatable bonds is 6. The highest BCUT2D eigenvalue weighted by Crippen LogP contribution is 2.23. The quantitative estimate of drug-likeness (QED) is 0.831. The van der Waals surface area contributed by atoms with E-state index in [9.17, 15) is 9.59 Å². The molecular weight excluding hydrogens is 302 g/mol. The molecule has 1 fully saturated rings. The lowest BCUT2D eigenvalue weighted by Crippen LogP contribution is -2.33. The van der Waals surface area contributed by atoms with Gasteiger partial charge in [-0.25, -0.2) is 0 Å². The van der Waals surface area contributed by atoms with Crippen molar-refractivity contribution < 1.29 is 14.3 Å². The Labute approximate surface area is 141 Å². The van der Waals surface area contributed by atoms with Crippen LogP contribution in [0.4, 0.5) is 0 Å². The monoisotopic (exact) mass is 323 g/mol. The molecule has 3 rings (SSSR count). The van der Waals surface area contributed by atoms with Crippen LogP contribution in [0.1, 0.15) is 35.6 Å². The highest BCUT2D eigenvalue weighted by molar-refractivity contribution is 5.86. The predicted molar refractivity (Wildman–Crippen MR) is 91.3 cm³/mol. The second kappa shape index (κ2) is 7.30. The lowest BCUT2D eigenvalue weighted by atomic mass is 10.1. The molecule has 0 bridgehead atoms. The lowest BCUT2D eigenvalue weighted by molar-refractivity contribution is -0.156. The first-order valence-electron chi connectivity index (χ1n) is 8.23. The van der Waals surface area contributed by atoms with E-state index in [0.717, 1.165) is 24.0 Å². The minimum atomic E-state index is -0.900. The SMILES string of the molecule is Cc1ccccc1CC(=O)O[C@@H](C(=O)NC1CC1)c1ccccc1. The van der Waals surface area contributed by atoms with Crippen molar-refractivity contribution >= 4 is 11.9 Å². The average Bonchev–Trinajstić information content (AvgIpc) is 3.39. The van der Waals surface area contributed by atoms with Crippen molar-refractivity contribution in [3.8, 4) is 0 Å². The zero-order valence-corrected chi connectivity index (χ0v) is 13.7. The van der Waals surface area contributed by atoms with E-state index in [0.29, 0.717) is 5.56 Å². The van der Waals surface area contributed by atoms with Crippen molar-refractivity contribution in [3.05, 3.63) is 71.3 Å². The Kier molecular flexibility index (Phi) is 4.94. The number of benzene rings is 2. The maximum Gasteiger partial charge on any atom is 0.311 e. The molecule has 4 heteroatoms. The van der Waals surface area contributed by atoms with Gasteiger partial charge in [-0.05, 0) is 30.9 Å². The number of carbonyl (C=O) groups excluding carboxylic acids is 2. The molecule has 0 heterocycles. The van der Waals surface area contributed by atoms with Gasteiger partial charge in [-0.1, -0.05) is 54.6 Å². The summed E-state index contributed by atoms with van der Waals surface area (Å²) in [5.41, 5.74) is 2.64. The van der Waals surface area contributed by atoms with Crippen molar-refractivity contribution in [2.75, 3.05) is 0 Å². The van der Waals surface area contributed by atoms with Gasteiger partial charge in [0.2, 0.25) is 6.10 Å². The van der Waals surface area contributed by atoms with Gasteiger partial charge in [-0.2, -0.15) is 0 Å². The molecule has 0 unspecified atom stereocenters. The Morgan fingerprint density at radius 3 is 2.42 bits per heavy atom. The first-order chi connectivity index (χ1) is 11.6. The molecule has 1 aliphatic rings. The van der Waals surface area contributed by atoms with Crippen LogP contribution in [-0.2, 0) is 20.7 Å². The van der Waals surface area contributed by atoms with Crippen LogP contribution in [0.3, 0.4) is 0 Å². The molecular formula is C20H21NO3. The van der Waals surface area contributed by atoms with Gasteiger partial charge in [-0.3, -0.25) is 9.59 Å². The zero-order chi connectivity index (χ0) is 16.9. The van der Waals surface area contributed by atoms with Gasteiger partial charge >= 0.3 is 5.97 Å². The average molecular weight is 323 g/mol. The van der Waals surface area contributed by atoms with E-state index in [4.69, 9.17) is 4.74 Å². The number of ether oxygens (including phenoxy) is 1. The molecule has 4 nitrogen and oxygen atoms in total. The van der Waals surface area contributed by atoms with Gasteiger partial charge in [-0.15, -0.1) is 0 Å². The third kappa shape index (κ3) is 4.22. The lowest BCUT2D eigenvalue weighted by Gasteiger charge is -2.18. The molecule has 1 N–H and O–H groups in total. The minimum Gasteiger partial charge on any atom is -0.447 e. The maximum atomic E-state index is 12.5. The molecule has 0 radical (unpaired) electrons. The van der Waals surface area contributed by atoms with E-state index in [-0.39, 0.29) is 18.4 Å². The van der Waals surface area contributed by atoms with Crippen LogP contribution in [-0.4, -0.2) is 17.9 Å². The van der Waals surface area contributed by atoms with Crippen LogP contribution in [0, 0.1) is 6.92 Å². The van der Waals surface area contributed by atoms with Crippen LogP contribution in [0.15, 0.2) is 54.6 Å². The fourth-order valence-corrected chi connectivity index (χ4v) is 2.54. The molecule has 2 aromatic rings. The number of carbonyl (C=O) groups is 2. The number of nitrogens with one attached hydrogen (secondary N) is 1. The normalized spacial score (nSPS) is 14.7. The zero-order valence-electron chi connectivity index (χ0n) is 13.7. The van der Waals surface area contributed by atoms with Crippen LogP contribution in [0.25, 0.3) is 0 Å². The van der Waals surface area contributed by atoms with Crippen molar-refractivity contribution in [2.45, 2.75) is 38.3 Å². The van der Waals surface area contributed by atoms with E-state index in [1.165, 1.54) is 0 Å². The molecule has 24 heavy (non-hydrogen) atoms. The fourth-order valence-electron chi connectivity index (χ4n) is 2.54. The maximum absolute atomic E-state index is 12.5. The summed E-state index contributed by atoms with van der Waals surface area (Å²) in [6, 6.07) is 17.0. The summed E-state index contributed by atoms with van der Waals surface area (Å²) < 4.78 is 5.53. The molecule has 0 aromatic heterocycles. The Hall–Kier alpha value is -2.62. The molecule has 124 valence electrons. The van der Waals surface area contributed by atoms with Crippen molar-refractivity contribution in [1.29, 1.82) is 0 Å². The van der Waals surface area contributed by atoms with Gasteiger partial charge in [0.1, 0.15) is 0 Å². The molecule has 2 aromatic carbocycles. The van der Waals surface area contributed by atoms with Crippen molar-refractivity contribution in [3.63, 3.8) is 0 Å². The molecule has 1 aliphatic carbocycles. The smallest absolute Gasteiger partial charge is 0.311 e. The van der Waals surface area contributed by atoms with Crippen LogP contribution >= 0.6 is 0 Å². The molecule has 0 saturated heterocycles. The standard InChI is InChI=1S/C20H21NO3/c1-14-7-5-6-10-16(14)13-18(22)24-19(15-8-3-2-4-9-15)20(23)21-17-11-12-17/h2-10,17,19H,11-13H2,1H3,(H,21,23)/t19-/m1/s1. The topological polar surface area (TPSA) is 55.4 Å². The number of esters is 1. The predicted octanol–water partition coefficient (Wildman–Crippen LogP) is 3.10. The van der Waals surface area contributed by atoms with E-state index in [1.807, 2.05) is 49.4 Å². The van der Waals surface area contributed by atoms with Gasteiger partial charge in [0.05, 0.1) is 6.42 Å². The van der Waals surface area contributed by atoms with E-state index in [1.54, 1.807) is 12.1 Å². The number of aryl methyl sites for hydroxylation is 1. The molecule has 1 atom stereocenters. The van der Waals surface area contributed by atoms with Crippen LogP contribution < -0.4 is 5.32 Å². The Bertz CT molecular complexity index is 723. The number of amides is 1. The summed E-state index contributed by atoms with van der Waals surface area (Å²) in [7, 11) is 0. The largest absolute Gasteiger partial charge is 0.447 e. The number of hydrogen-bond acceptors (Lipinski definition) is 3. The summed E-state index contributed by atoms with van der Waals surface area (Å²) in [5, 5.41) is 2.92. The fraction of sp³-hybridized carbons (Fsp3) is 0.300. The van der Waals surface area contributed by atoms with Crippen molar-refractivity contribution in [1.82, 2.24) is 5.32 Å². The summed E-state index contributed by atoms with van der Waals surface area (Å²) in [5.74, 6) is -0.647. The van der Waals surface area contributed by atoms with Gasteiger partial charge in [0.15, 0.2) is 0 Å². The third-order valence-electron chi connectivity index (χ3n) is 4.11. The van der Waals surface area contributed by atoms with Crippen molar-refractivity contribution in [2.24, 2.45) is 0 Å². The van der Waals surface area contributed by atoms with E-state index < -0.39 is 12.1 Å². The first kappa shape index (κ1) is 16.2. The summed E-state index contributed by atoms with van der Waals surface area (Å²) in [6.07, 6.45) is 1.24. The van der Waals surface area contributed by atoms with Crippen LogP contribution in [0.2, 0.25) is 0 Å². The third-order valence-corrected chi connectivity index (χ3v) is 4.11. The summed E-state index contributed by atoms with van der Waals surface area (Å²) in [4.78, 5) is 24.8. The Balaban J connectivity index is 1.72. The second-order valence-corrected chi connectivity index (χ2v) is 6.17. The first-order valence-corrected chi connectivity index (χ1v) is 8.23. The molecule has 1 amide bonds. The highest BCUT2D eigenvalue weighted by atomic mass is 16.5. The van der Waals surface area contributed by atoms with Gasteiger partial charge in [0.25, 0.3) is 5.91 Å². The minimum absolute atomic E-state index is 0.159. The Morgan fingerprint density at radius 1 is 1.08 bits per heavy atom. The highest BCUT2D eigenvalue weighted by Gasteiger charge is 2.30. The Morgan fingerprint density at radius 2 is 1.75 bits per heavy atom. The summed E-state index contributed by atoms with van der Waals surface area (Å²) >= 11 is 0. The molecule has 0 aliphatic heterocycles. The van der Waals surface area contributed by atoms with E-state index in [2.05, 4.69) is 5.32 Å². The van der Waals surface area contributed by atoms with Crippen LogP contribution in [0.5, 0.6) is 0 Å².